The van der Waals surface area contributed by atoms with Gasteiger partial charge in [-0.2, -0.15) is 0 Å². The van der Waals surface area contributed by atoms with Crippen molar-refractivity contribution in [2.45, 2.75) is 77.4 Å². The molecular weight excluding hydrogens is 351 g/mol. The van der Waals surface area contributed by atoms with Crippen LogP contribution in [0.4, 0.5) is 9.18 Å². The van der Waals surface area contributed by atoms with Gasteiger partial charge in [0.15, 0.2) is 0 Å². The van der Waals surface area contributed by atoms with Gasteiger partial charge in [0.1, 0.15) is 23.3 Å². The standard InChI is InChI=1S/C20H31FN2O4/c1-13(11-23-19(25)27-20(2,3)4)26-18-9-8-15(21)10-14(18)12-22-16-6-5-7-17(16)24/h8-10,13,16-17,22,24H,5-7,11-12H2,1-4H3,(H,23,25)/t13-,16?,17?/m0/s1. The van der Waals surface area contributed by atoms with Gasteiger partial charge in [0.25, 0.3) is 0 Å². The van der Waals surface area contributed by atoms with Gasteiger partial charge in [-0.1, -0.05) is 0 Å². The molecule has 0 aromatic heterocycles. The third kappa shape index (κ3) is 7.34. The number of alkyl carbamates (subject to hydrolysis) is 1. The van der Waals surface area contributed by atoms with Crippen LogP contribution in [-0.4, -0.2) is 41.6 Å². The molecule has 1 aliphatic rings. The number of benzene rings is 1. The molecule has 2 unspecified atom stereocenters. The van der Waals surface area contributed by atoms with E-state index in [0.717, 1.165) is 19.3 Å². The summed E-state index contributed by atoms with van der Waals surface area (Å²) in [5.74, 6) is 0.209. The van der Waals surface area contributed by atoms with Crippen molar-refractivity contribution in [3.63, 3.8) is 0 Å². The van der Waals surface area contributed by atoms with Gasteiger partial charge >= 0.3 is 6.09 Å². The van der Waals surface area contributed by atoms with E-state index in [2.05, 4.69) is 10.6 Å². The highest BCUT2D eigenvalue weighted by Crippen LogP contribution is 2.23. The minimum Gasteiger partial charge on any atom is -0.489 e. The van der Waals surface area contributed by atoms with E-state index in [-0.39, 0.29) is 30.6 Å². The van der Waals surface area contributed by atoms with Crippen LogP contribution in [0.5, 0.6) is 5.75 Å². The fourth-order valence-corrected chi connectivity index (χ4v) is 3.02. The summed E-state index contributed by atoms with van der Waals surface area (Å²) in [6.07, 6.45) is 1.49. The van der Waals surface area contributed by atoms with E-state index >= 15 is 0 Å². The molecule has 27 heavy (non-hydrogen) atoms. The molecule has 1 aromatic carbocycles. The van der Waals surface area contributed by atoms with E-state index in [1.807, 2.05) is 6.92 Å². The normalized spacial score (nSPS) is 21.0. The summed E-state index contributed by atoms with van der Waals surface area (Å²) < 4.78 is 24.7. The maximum Gasteiger partial charge on any atom is 0.407 e. The Bertz CT molecular complexity index is 633. The van der Waals surface area contributed by atoms with Gasteiger partial charge in [-0.25, -0.2) is 9.18 Å². The molecule has 0 bridgehead atoms. The minimum atomic E-state index is -0.561. The highest BCUT2D eigenvalue weighted by molar-refractivity contribution is 5.67. The molecular formula is C20H31FN2O4. The molecule has 152 valence electrons. The average molecular weight is 382 g/mol. The number of rotatable bonds is 7. The molecule has 2 rings (SSSR count). The number of amides is 1. The lowest BCUT2D eigenvalue weighted by Crippen LogP contribution is -2.38. The molecule has 0 saturated heterocycles. The van der Waals surface area contributed by atoms with Gasteiger partial charge in [-0.3, -0.25) is 0 Å². The highest BCUT2D eigenvalue weighted by atomic mass is 19.1. The molecule has 0 heterocycles. The largest absolute Gasteiger partial charge is 0.489 e. The van der Waals surface area contributed by atoms with Gasteiger partial charge in [-0.05, 0) is 65.2 Å². The quantitative estimate of drug-likeness (QED) is 0.675. The summed E-state index contributed by atoms with van der Waals surface area (Å²) in [6, 6.07) is 4.38. The Morgan fingerprint density at radius 1 is 1.37 bits per heavy atom. The Labute approximate surface area is 160 Å². The van der Waals surface area contributed by atoms with E-state index in [0.29, 0.717) is 17.9 Å². The second-order valence-electron chi connectivity index (χ2n) is 8.05. The zero-order valence-electron chi connectivity index (χ0n) is 16.5. The van der Waals surface area contributed by atoms with Crippen LogP contribution in [0, 0.1) is 5.82 Å². The molecule has 0 radical (unpaired) electrons. The maximum atomic E-state index is 13.7. The van der Waals surface area contributed by atoms with E-state index < -0.39 is 11.7 Å². The zero-order valence-corrected chi connectivity index (χ0v) is 16.5. The summed E-state index contributed by atoms with van der Waals surface area (Å²) in [7, 11) is 0. The van der Waals surface area contributed by atoms with Crippen LogP contribution in [0.2, 0.25) is 0 Å². The van der Waals surface area contributed by atoms with Gasteiger partial charge in [-0.15, -0.1) is 0 Å². The second kappa shape index (κ2) is 9.37. The first-order valence-corrected chi connectivity index (χ1v) is 9.47. The van der Waals surface area contributed by atoms with Gasteiger partial charge in [0.05, 0.1) is 12.6 Å². The molecule has 1 saturated carbocycles. The maximum absolute atomic E-state index is 13.7. The third-order valence-electron chi connectivity index (χ3n) is 4.32. The molecule has 3 atom stereocenters. The number of hydrogen-bond acceptors (Lipinski definition) is 5. The second-order valence-corrected chi connectivity index (χ2v) is 8.05. The van der Waals surface area contributed by atoms with Gasteiger partial charge < -0.3 is 25.2 Å². The number of ether oxygens (including phenoxy) is 2. The van der Waals surface area contributed by atoms with Crippen LogP contribution >= 0.6 is 0 Å². The Morgan fingerprint density at radius 3 is 2.74 bits per heavy atom. The van der Waals surface area contributed by atoms with E-state index in [1.54, 1.807) is 26.8 Å². The van der Waals surface area contributed by atoms with Crippen molar-refractivity contribution >= 4 is 6.09 Å². The number of carbonyl (C=O) groups is 1. The van der Waals surface area contributed by atoms with Crippen LogP contribution in [0.15, 0.2) is 18.2 Å². The Balaban J connectivity index is 1.90. The first-order chi connectivity index (χ1) is 12.6. The Morgan fingerprint density at radius 2 is 2.11 bits per heavy atom. The predicted molar refractivity (Wildman–Crippen MR) is 101 cm³/mol. The van der Waals surface area contributed by atoms with E-state index in [1.165, 1.54) is 12.1 Å². The summed E-state index contributed by atoms with van der Waals surface area (Å²) in [5.41, 5.74) is 0.118. The number of nitrogens with one attached hydrogen (secondary N) is 2. The molecule has 3 N–H and O–H groups in total. The smallest absolute Gasteiger partial charge is 0.407 e. The first kappa shape index (κ1) is 21.4. The number of aliphatic hydroxyl groups is 1. The van der Waals surface area contributed by atoms with E-state index in [9.17, 15) is 14.3 Å². The van der Waals surface area contributed by atoms with Crippen molar-refractivity contribution in [2.75, 3.05) is 6.54 Å². The Kier molecular flexibility index (Phi) is 7.44. The summed E-state index contributed by atoms with van der Waals surface area (Å²) in [4.78, 5) is 11.7. The average Bonchev–Trinajstić information content (AvgIpc) is 2.96. The molecule has 0 aliphatic heterocycles. The van der Waals surface area contributed by atoms with Crippen LogP contribution in [0.3, 0.4) is 0 Å². The predicted octanol–water partition coefficient (Wildman–Crippen LogP) is 3.12. The molecule has 0 spiro atoms. The number of hydrogen-bond donors (Lipinski definition) is 3. The fraction of sp³-hybridized carbons (Fsp3) is 0.650. The molecule has 1 amide bonds. The van der Waals surface area contributed by atoms with Crippen LogP contribution in [-0.2, 0) is 11.3 Å². The van der Waals surface area contributed by atoms with Crippen LogP contribution < -0.4 is 15.4 Å². The number of halogens is 1. The van der Waals surface area contributed by atoms with Crippen molar-refractivity contribution in [3.8, 4) is 5.75 Å². The number of carbonyl (C=O) groups excluding carboxylic acids is 1. The Hall–Kier alpha value is -1.86. The lowest BCUT2D eigenvalue weighted by atomic mass is 10.1. The molecule has 1 fully saturated rings. The van der Waals surface area contributed by atoms with Crippen molar-refractivity contribution in [3.05, 3.63) is 29.6 Å². The summed E-state index contributed by atoms with van der Waals surface area (Å²) in [5, 5.41) is 15.9. The van der Waals surface area contributed by atoms with Crippen molar-refractivity contribution in [1.29, 1.82) is 0 Å². The van der Waals surface area contributed by atoms with Crippen molar-refractivity contribution in [1.82, 2.24) is 10.6 Å². The summed E-state index contributed by atoms with van der Waals surface area (Å²) in [6.45, 7) is 7.88. The molecule has 6 nitrogen and oxygen atoms in total. The molecule has 1 aromatic rings. The van der Waals surface area contributed by atoms with Gasteiger partial charge in [0, 0.05) is 18.2 Å². The highest BCUT2D eigenvalue weighted by Gasteiger charge is 2.25. The summed E-state index contributed by atoms with van der Waals surface area (Å²) >= 11 is 0. The third-order valence-corrected chi connectivity index (χ3v) is 4.32. The molecule has 7 heteroatoms. The van der Waals surface area contributed by atoms with Crippen LogP contribution in [0.25, 0.3) is 0 Å². The number of aliphatic hydroxyl groups excluding tert-OH is 1. The lowest BCUT2D eigenvalue weighted by Gasteiger charge is -2.22. The van der Waals surface area contributed by atoms with Crippen LogP contribution in [0.1, 0.15) is 52.5 Å². The topological polar surface area (TPSA) is 79.8 Å². The monoisotopic (exact) mass is 382 g/mol. The first-order valence-electron chi connectivity index (χ1n) is 9.47. The SMILES string of the molecule is C[C@@H](CNC(=O)OC(C)(C)C)Oc1ccc(F)cc1CNC1CCCC1O. The van der Waals surface area contributed by atoms with E-state index in [4.69, 9.17) is 9.47 Å². The minimum absolute atomic E-state index is 0.0207. The molecule has 1 aliphatic carbocycles. The zero-order chi connectivity index (χ0) is 20.0. The van der Waals surface area contributed by atoms with Gasteiger partial charge in [0.2, 0.25) is 0 Å². The van der Waals surface area contributed by atoms with Crippen molar-refractivity contribution < 1.29 is 23.8 Å². The lowest BCUT2D eigenvalue weighted by molar-refractivity contribution is 0.0505. The van der Waals surface area contributed by atoms with Crippen molar-refractivity contribution in [2.24, 2.45) is 0 Å². The fourth-order valence-electron chi connectivity index (χ4n) is 3.02.